The third-order valence-electron chi connectivity index (χ3n) is 3.73. The molecular weight excluding hydrogens is 380 g/mol. The molecular formula is C13H16BrClN2O3S. The maximum atomic E-state index is 12.6. The second kappa shape index (κ2) is 6.24. The fourth-order valence-electron chi connectivity index (χ4n) is 2.57. The first-order valence-corrected chi connectivity index (χ1v) is 9.22. The molecule has 1 fully saturated rings. The first kappa shape index (κ1) is 16.7. The second-order valence-corrected chi connectivity index (χ2v) is 7.99. The lowest BCUT2D eigenvalue weighted by atomic mass is 10.1. The molecule has 1 aliphatic carbocycles. The van der Waals surface area contributed by atoms with E-state index < -0.39 is 10.0 Å². The largest absolute Gasteiger partial charge is 0.339 e. The molecule has 2 N–H and O–H groups in total. The van der Waals surface area contributed by atoms with E-state index in [-0.39, 0.29) is 27.4 Å². The SMILES string of the molecule is CN(C(=O)c1cc(Br)cc(S(N)(=O)=O)c1Cl)C1CCCC1. The number of hydrogen-bond donors (Lipinski definition) is 1. The molecule has 21 heavy (non-hydrogen) atoms. The number of amides is 1. The molecule has 1 amide bonds. The van der Waals surface area contributed by atoms with Gasteiger partial charge in [0.2, 0.25) is 10.0 Å². The highest BCUT2D eigenvalue weighted by atomic mass is 79.9. The Morgan fingerprint density at radius 1 is 1.38 bits per heavy atom. The van der Waals surface area contributed by atoms with Gasteiger partial charge in [-0.1, -0.05) is 40.4 Å². The van der Waals surface area contributed by atoms with E-state index in [2.05, 4.69) is 15.9 Å². The summed E-state index contributed by atoms with van der Waals surface area (Å²) in [6.45, 7) is 0. The average Bonchev–Trinajstić information content (AvgIpc) is 2.92. The topological polar surface area (TPSA) is 80.5 Å². The minimum atomic E-state index is -3.99. The van der Waals surface area contributed by atoms with Crippen molar-refractivity contribution in [2.75, 3.05) is 7.05 Å². The van der Waals surface area contributed by atoms with Crippen molar-refractivity contribution in [1.29, 1.82) is 0 Å². The summed E-state index contributed by atoms with van der Waals surface area (Å²) in [5.74, 6) is -0.293. The predicted octanol–water partition coefficient (Wildman–Crippen LogP) is 2.76. The minimum absolute atomic E-state index is 0.129. The Morgan fingerprint density at radius 3 is 2.48 bits per heavy atom. The van der Waals surface area contributed by atoms with E-state index >= 15 is 0 Å². The molecule has 0 heterocycles. The first-order chi connectivity index (χ1) is 9.71. The molecule has 1 aromatic carbocycles. The lowest BCUT2D eigenvalue weighted by Gasteiger charge is -2.25. The van der Waals surface area contributed by atoms with Crippen LogP contribution in [0.4, 0.5) is 0 Å². The van der Waals surface area contributed by atoms with Crippen molar-refractivity contribution in [2.45, 2.75) is 36.6 Å². The molecule has 0 aromatic heterocycles. The first-order valence-electron chi connectivity index (χ1n) is 6.51. The monoisotopic (exact) mass is 394 g/mol. The number of halogens is 2. The maximum absolute atomic E-state index is 12.6. The van der Waals surface area contributed by atoms with Gasteiger partial charge in [0.15, 0.2) is 0 Å². The Morgan fingerprint density at radius 2 is 1.95 bits per heavy atom. The zero-order chi connectivity index (χ0) is 15.8. The Kier molecular flexibility index (Phi) is 4.97. The van der Waals surface area contributed by atoms with Crippen molar-refractivity contribution in [3.8, 4) is 0 Å². The van der Waals surface area contributed by atoms with E-state index in [1.54, 1.807) is 11.9 Å². The van der Waals surface area contributed by atoms with Crippen LogP contribution in [-0.2, 0) is 10.0 Å². The van der Waals surface area contributed by atoms with Gasteiger partial charge in [0.1, 0.15) is 4.90 Å². The molecule has 116 valence electrons. The Hall–Kier alpha value is -0.630. The van der Waals surface area contributed by atoms with Crippen LogP contribution in [0.25, 0.3) is 0 Å². The van der Waals surface area contributed by atoms with Gasteiger partial charge in [-0.2, -0.15) is 0 Å². The van der Waals surface area contributed by atoms with Crippen LogP contribution in [0.15, 0.2) is 21.5 Å². The highest BCUT2D eigenvalue weighted by Gasteiger charge is 2.28. The normalized spacial score (nSPS) is 16.2. The van der Waals surface area contributed by atoms with Gasteiger partial charge in [-0.15, -0.1) is 0 Å². The molecule has 1 aromatic rings. The van der Waals surface area contributed by atoms with Crippen molar-refractivity contribution in [2.24, 2.45) is 5.14 Å². The van der Waals surface area contributed by atoms with Gasteiger partial charge >= 0.3 is 0 Å². The highest BCUT2D eigenvalue weighted by Crippen LogP contribution is 2.31. The smallest absolute Gasteiger partial charge is 0.255 e. The molecule has 1 aliphatic rings. The summed E-state index contributed by atoms with van der Waals surface area (Å²) in [6.07, 6.45) is 4.10. The van der Waals surface area contributed by atoms with Gasteiger partial charge in [0.25, 0.3) is 5.91 Å². The molecule has 0 atom stereocenters. The summed E-state index contributed by atoms with van der Waals surface area (Å²) < 4.78 is 23.6. The van der Waals surface area contributed by atoms with E-state index in [1.165, 1.54) is 12.1 Å². The van der Waals surface area contributed by atoms with Crippen molar-refractivity contribution in [3.05, 3.63) is 27.2 Å². The number of carbonyl (C=O) groups is 1. The van der Waals surface area contributed by atoms with Crippen molar-refractivity contribution in [1.82, 2.24) is 4.90 Å². The van der Waals surface area contributed by atoms with Gasteiger partial charge in [-0.05, 0) is 25.0 Å². The van der Waals surface area contributed by atoms with Crippen LogP contribution in [-0.4, -0.2) is 32.3 Å². The van der Waals surface area contributed by atoms with E-state index in [1.807, 2.05) is 0 Å². The fraction of sp³-hybridized carbons (Fsp3) is 0.462. The summed E-state index contributed by atoms with van der Waals surface area (Å²) in [5, 5.41) is 5.01. The molecule has 0 aliphatic heterocycles. The van der Waals surface area contributed by atoms with E-state index in [0.29, 0.717) is 4.47 Å². The van der Waals surface area contributed by atoms with E-state index in [9.17, 15) is 13.2 Å². The number of hydrogen-bond acceptors (Lipinski definition) is 3. The van der Waals surface area contributed by atoms with Crippen LogP contribution in [0, 0.1) is 0 Å². The summed E-state index contributed by atoms with van der Waals surface area (Å²) in [7, 11) is -2.27. The molecule has 5 nitrogen and oxygen atoms in total. The summed E-state index contributed by atoms with van der Waals surface area (Å²) in [4.78, 5) is 14.0. The molecule has 0 bridgehead atoms. The number of nitrogens with zero attached hydrogens (tertiary/aromatic N) is 1. The van der Waals surface area contributed by atoms with Gasteiger partial charge in [-0.25, -0.2) is 13.6 Å². The van der Waals surface area contributed by atoms with Crippen molar-refractivity contribution < 1.29 is 13.2 Å². The second-order valence-electron chi connectivity index (χ2n) is 5.16. The minimum Gasteiger partial charge on any atom is -0.339 e. The summed E-state index contributed by atoms with van der Waals surface area (Å²) >= 11 is 9.27. The highest BCUT2D eigenvalue weighted by molar-refractivity contribution is 9.10. The molecule has 1 saturated carbocycles. The van der Waals surface area contributed by atoms with Gasteiger partial charge in [-0.3, -0.25) is 4.79 Å². The van der Waals surface area contributed by atoms with Crippen LogP contribution in [0.1, 0.15) is 36.0 Å². The predicted molar refractivity (Wildman–Crippen MR) is 84.9 cm³/mol. The van der Waals surface area contributed by atoms with Gasteiger partial charge < -0.3 is 4.90 Å². The van der Waals surface area contributed by atoms with Crippen molar-refractivity contribution >= 4 is 43.5 Å². The Labute approximate surface area is 137 Å². The van der Waals surface area contributed by atoms with Crippen LogP contribution >= 0.6 is 27.5 Å². The lowest BCUT2D eigenvalue weighted by Crippen LogP contribution is -2.35. The summed E-state index contributed by atoms with van der Waals surface area (Å²) in [6, 6.07) is 2.99. The Balaban J connectivity index is 2.44. The number of nitrogens with two attached hydrogens (primary N) is 1. The van der Waals surface area contributed by atoms with Crippen LogP contribution < -0.4 is 5.14 Å². The summed E-state index contributed by atoms with van der Waals surface area (Å²) in [5.41, 5.74) is 0.143. The number of primary sulfonamides is 1. The third kappa shape index (κ3) is 3.59. The number of sulfonamides is 1. The van der Waals surface area contributed by atoms with Crippen molar-refractivity contribution in [3.63, 3.8) is 0 Å². The molecule has 0 spiro atoms. The average molecular weight is 396 g/mol. The van der Waals surface area contributed by atoms with Gasteiger partial charge in [0, 0.05) is 17.6 Å². The van der Waals surface area contributed by atoms with E-state index in [0.717, 1.165) is 25.7 Å². The zero-order valence-corrected chi connectivity index (χ0v) is 14.6. The third-order valence-corrected chi connectivity index (χ3v) is 5.65. The number of carbonyl (C=O) groups excluding carboxylic acids is 1. The fourth-order valence-corrected chi connectivity index (χ4v) is 4.35. The molecule has 0 unspecified atom stereocenters. The molecule has 0 saturated heterocycles. The van der Waals surface area contributed by atoms with Crippen LogP contribution in [0.5, 0.6) is 0 Å². The lowest BCUT2D eigenvalue weighted by molar-refractivity contribution is 0.0735. The molecule has 0 radical (unpaired) electrons. The zero-order valence-electron chi connectivity index (χ0n) is 11.5. The van der Waals surface area contributed by atoms with Gasteiger partial charge in [0.05, 0.1) is 10.6 Å². The number of benzene rings is 1. The quantitative estimate of drug-likeness (QED) is 0.854. The Bertz CT molecular complexity index is 672. The molecule has 2 rings (SSSR count). The molecule has 8 heteroatoms. The van der Waals surface area contributed by atoms with Crippen LogP contribution in [0.3, 0.4) is 0 Å². The van der Waals surface area contributed by atoms with Crippen LogP contribution in [0.2, 0.25) is 5.02 Å². The maximum Gasteiger partial charge on any atom is 0.255 e. The number of rotatable bonds is 3. The standard InChI is InChI=1S/C13H16BrClN2O3S/c1-17(9-4-2-3-5-9)13(18)10-6-8(14)7-11(12(10)15)21(16,19)20/h6-7,9H,2-5H2,1H3,(H2,16,19,20). The van der Waals surface area contributed by atoms with E-state index in [4.69, 9.17) is 16.7 Å².